The van der Waals surface area contributed by atoms with E-state index in [-0.39, 0.29) is 76.1 Å². The van der Waals surface area contributed by atoms with E-state index < -0.39 is 17.3 Å². The molecule has 0 saturated carbocycles. The molecule has 0 saturated heterocycles. The number of aromatic hydroxyl groups is 2. The molecule has 21 heavy (non-hydrogen) atoms. The smallest absolute Gasteiger partial charge is 1.00 e. The first-order valence-corrected chi connectivity index (χ1v) is 5.34. The van der Waals surface area contributed by atoms with Crippen molar-refractivity contribution >= 4 is 11.6 Å². The molecule has 101 valence electrons. The van der Waals surface area contributed by atoms with Crippen molar-refractivity contribution in [1.29, 1.82) is 0 Å². The quantitative estimate of drug-likeness (QED) is 0.397. The third-order valence-electron chi connectivity index (χ3n) is 3.04. The van der Waals surface area contributed by atoms with Crippen molar-refractivity contribution in [2.75, 3.05) is 0 Å². The van der Waals surface area contributed by atoms with Crippen LogP contribution in [-0.4, -0.2) is 21.8 Å². The summed E-state index contributed by atoms with van der Waals surface area (Å²) in [5, 5.41) is 19.1. The maximum Gasteiger partial charge on any atom is 1.00 e. The zero-order valence-corrected chi connectivity index (χ0v) is 14.4. The van der Waals surface area contributed by atoms with Crippen LogP contribution in [0.4, 0.5) is 0 Å². The first kappa shape index (κ1) is 19.9. The number of hydrogen-bond acceptors (Lipinski definition) is 4. The molecular weight excluding hydrogens is 322 g/mol. The topological polar surface area (TPSA) is 103 Å². The summed E-state index contributed by atoms with van der Waals surface area (Å²) in [6.07, 6.45) is 0. The Bertz CT molecular complexity index is 715. The maximum atomic E-state index is 12.2. The molecule has 1 aliphatic carbocycles. The molecule has 0 fully saturated rings. The predicted molar refractivity (Wildman–Crippen MR) is 63.8 cm³/mol. The number of rotatable bonds is 0. The van der Waals surface area contributed by atoms with Crippen molar-refractivity contribution < 1.29 is 73.4 Å². The number of fused-ring (bicyclic) bond motifs is 2. The second-order valence-electron chi connectivity index (χ2n) is 4.06. The average molecular weight is 330 g/mol. The second kappa shape index (κ2) is 7.27. The van der Waals surface area contributed by atoms with Gasteiger partial charge in [-0.15, -0.1) is 0 Å². The average Bonchev–Trinajstić information content (AvgIpc) is 2.39. The largest absolute Gasteiger partial charge is 2.00 e. The minimum Gasteiger partial charge on any atom is -2.00 e. The Kier molecular flexibility index (Phi) is 6.90. The summed E-state index contributed by atoms with van der Waals surface area (Å²) in [6.45, 7) is 0. The van der Waals surface area contributed by atoms with Gasteiger partial charge < -0.3 is 15.7 Å². The third-order valence-corrected chi connectivity index (χ3v) is 3.04. The number of phenolic OH excluding ortho intramolecular Hbond substituents is 2. The second-order valence-corrected chi connectivity index (χ2v) is 4.06. The normalized spacial score (nSPS) is 11.2. The Morgan fingerprint density at radius 3 is 1.86 bits per heavy atom. The van der Waals surface area contributed by atoms with E-state index in [1.165, 1.54) is 18.2 Å². The Morgan fingerprint density at radius 2 is 1.29 bits per heavy atom. The number of benzene rings is 2. The van der Waals surface area contributed by atoms with E-state index in [1.807, 2.05) is 0 Å². The third kappa shape index (κ3) is 2.94. The predicted octanol–water partition coefficient (Wildman–Crippen LogP) is -1.24. The molecule has 1 radical (unpaired) electrons. The molecule has 0 heterocycles. The molecule has 0 aromatic heterocycles. The van der Waals surface area contributed by atoms with Crippen molar-refractivity contribution in [3.8, 4) is 11.5 Å². The van der Waals surface area contributed by atoms with Gasteiger partial charge in [0.2, 0.25) is 0 Å². The summed E-state index contributed by atoms with van der Waals surface area (Å²) in [5.74, 6) is -1.72. The number of carbonyl (C=O) groups is 2. The molecule has 0 atom stereocenters. The van der Waals surface area contributed by atoms with Gasteiger partial charge in [-0.2, -0.15) is 0 Å². The number of ketones is 2. The van der Waals surface area contributed by atoms with Gasteiger partial charge in [0.05, 0.1) is 5.56 Å². The fourth-order valence-corrected chi connectivity index (χ4v) is 2.16. The van der Waals surface area contributed by atoms with Gasteiger partial charge in [-0.25, -0.2) is 0 Å². The molecule has 2 aromatic carbocycles. The van der Waals surface area contributed by atoms with Crippen LogP contribution in [0, 0.1) is 0 Å². The van der Waals surface area contributed by atoms with Gasteiger partial charge in [-0.05, 0) is 12.1 Å². The Balaban J connectivity index is 0.00000133. The molecular formula is C14H8NaO5V-. The van der Waals surface area contributed by atoms with Crippen molar-refractivity contribution in [3.63, 3.8) is 0 Å². The summed E-state index contributed by atoms with van der Waals surface area (Å²) < 4.78 is 0. The van der Waals surface area contributed by atoms with E-state index >= 15 is 0 Å². The first-order chi connectivity index (χ1) is 8.61. The van der Waals surface area contributed by atoms with E-state index in [1.54, 1.807) is 18.2 Å². The number of carbonyl (C=O) groups excluding carboxylic acids is 2. The summed E-state index contributed by atoms with van der Waals surface area (Å²) in [6, 6.07) is 8.97. The van der Waals surface area contributed by atoms with Crippen molar-refractivity contribution in [1.82, 2.24) is 0 Å². The maximum absolute atomic E-state index is 12.2. The Morgan fingerprint density at radius 1 is 0.762 bits per heavy atom. The van der Waals surface area contributed by atoms with Gasteiger partial charge in [0.1, 0.15) is 0 Å². The van der Waals surface area contributed by atoms with Crippen LogP contribution in [0.15, 0.2) is 36.4 Å². The minimum absolute atomic E-state index is 0. The first-order valence-electron chi connectivity index (χ1n) is 5.34. The molecule has 2 aromatic rings. The van der Waals surface area contributed by atoms with Gasteiger partial charge in [-0.3, -0.25) is 9.59 Å². The molecule has 0 aliphatic heterocycles. The molecule has 7 heteroatoms. The molecule has 2 N–H and O–H groups in total. The molecule has 5 nitrogen and oxygen atoms in total. The SMILES string of the molecule is O=C1c2ccccc2C(=O)c2c1ccc(O)c2O.[Na+].[O-2].[V]. The van der Waals surface area contributed by atoms with E-state index in [4.69, 9.17) is 0 Å². The standard InChI is InChI=1S/C14H8O4.Na.O.V/c15-10-6-5-9-11(14(10)18)13(17)8-4-2-1-3-7(8)12(9)16;;;/h1-6,15,18H;;;/q;+1;-2;. The van der Waals surface area contributed by atoms with Crippen LogP contribution >= 0.6 is 0 Å². The van der Waals surface area contributed by atoms with E-state index in [0.717, 1.165) is 0 Å². The number of phenols is 2. The molecule has 0 spiro atoms. The van der Waals surface area contributed by atoms with E-state index in [9.17, 15) is 19.8 Å². The van der Waals surface area contributed by atoms with Gasteiger partial charge >= 0.3 is 29.6 Å². The summed E-state index contributed by atoms with van der Waals surface area (Å²) in [5.41, 5.74) is 0.559. The van der Waals surface area contributed by atoms with Crippen LogP contribution < -0.4 is 29.6 Å². The molecule has 0 bridgehead atoms. The van der Waals surface area contributed by atoms with Crippen LogP contribution in [0.3, 0.4) is 0 Å². The van der Waals surface area contributed by atoms with Crippen LogP contribution in [-0.2, 0) is 24.0 Å². The fourth-order valence-electron chi connectivity index (χ4n) is 2.16. The van der Waals surface area contributed by atoms with Gasteiger partial charge in [0.15, 0.2) is 23.1 Å². The van der Waals surface area contributed by atoms with Gasteiger partial charge in [0.25, 0.3) is 0 Å². The molecule has 0 unspecified atom stereocenters. The van der Waals surface area contributed by atoms with Crippen LogP contribution in [0.25, 0.3) is 0 Å². The monoisotopic (exact) mass is 330 g/mol. The zero-order valence-electron chi connectivity index (χ0n) is 11.0. The van der Waals surface area contributed by atoms with Crippen molar-refractivity contribution in [3.05, 3.63) is 58.7 Å². The zero-order chi connectivity index (χ0) is 12.9. The molecule has 1 aliphatic rings. The number of hydrogen-bond donors (Lipinski definition) is 2. The van der Waals surface area contributed by atoms with E-state index in [2.05, 4.69) is 0 Å². The Hall–Kier alpha value is -1.08. The molecule has 0 amide bonds. The van der Waals surface area contributed by atoms with Crippen LogP contribution in [0.1, 0.15) is 31.8 Å². The van der Waals surface area contributed by atoms with Gasteiger partial charge in [-0.1, -0.05) is 24.3 Å². The van der Waals surface area contributed by atoms with Crippen molar-refractivity contribution in [2.24, 2.45) is 0 Å². The summed E-state index contributed by atoms with van der Waals surface area (Å²) in [4.78, 5) is 24.4. The summed E-state index contributed by atoms with van der Waals surface area (Å²) in [7, 11) is 0. The Labute approximate surface area is 154 Å². The van der Waals surface area contributed by atoms with E-state index in [0.29, 0.717) is 5.56 Å². The minimum atomic E-state index is -0.541. The summed E-state index contributed by atoms with van der Waals surface area (Å²) >= 11 is 0. The fraction of sp³-hybridized carbons (Fsp3) is 0. The van der Waals surface area contributed by atoms with Gasteiger partial charge in [0, 0.05) is 35.2 Å². The van der Waals surface area contributed by atoms with Crippen LogP contribution in [0.2, 0.25) is 0 Å². The van der Waals surface area contributed by atoms with Crippen molar-refractivity contribution in [2.45, 2.75) is 0 Å². The molecule has 3 rings (SSSR count). The van der Waals surface area contributed by atoms with Crippen LogP contribution in [0.5, 0.6) is 11.5 Å².